The molecule has 1 unspecified atom stereocenters. The Labute approximate surface area is 172 Å². The van der Waals surface area contributed by atoms with Crippen LogP contribution < -0.4 is 15.5 Å². The number of ether oxygens (including phenoxy) is 2. The molecule has 1 heterocycles. The van der Waals surface area contributed by atoms with Gasteiger partial charge in [-0.05, 0) is 19.1 Å². The minimum Gasteiger partial charge on any atom is -0.382 e. The summed E-state index contributed by atoms with van der Waals surface area (Å²) in [5, 5.41) is 6.56. The van der Waals surface area contributed by atoms with Crippen LogP contribution >= 0.6 is 24.0 Å². The molecule has 8 heteroatoms. The smallest absolute Gasteiger partial charge is 0.229 e. The highest BCUT2D eigenvalue weighted by Gasteiger charge is 2.30. The topological polar surface area (TPSA) is 75.2 Å². The molecule has 0 aliphatic carbocycles. The van der Waals surface area contributed by atoms with E-state index in [1.54, 1.807) is 7.11 Å². The highest BCUT2D eigenvalue weighted by Crippen LogP contribution is 2.20. The monoisotopic (exact) mass is 476 g/mol. The minimum absolute atomic E-state index is 0. The number of guanidine groups is 1. The van der Waals surface area contributed by atoms with Crippen molar-refractivity contribution in [1.82, 2.24) is 10.6 Å². The van der Waals surface area contributed by atoms with Crippen molar-refractivity contribution in [3.8, 4) is 0 Å². The molecular weight excluding hydrogens is 447 g/mol. The van der Waals surface area contributed by atoms with Crippen LogP contribution in [-0.4, -0.2) is 64.5 Å². The second-order valence-corrected chi connectivity index (χ2v) is 5.75. The van der Waals surface area contributed by atoms with Crippen LogP contribution in [0.3, 0.4) is 0 Å². The Morgan fingerprint density at radius 2 is 2.04 bits per heavy atom. The largest absolute Gasteiger partial charge is 0.382 e. The molecule has 7 nitrogen and oxygen atoms in total. The van der Waals surface area contributed by atoms with Crippen molar-refractivity contribution in [2.45, 2.75) is 19.4 Å². The van der Waals surface area contributed by atoms with Gasteiger partial charge in [-0.25, -0.2) is 0 Å². The van der Waals surface area contributed by atoms with Crippen LogP contribution in [0.4, 0.5) is 5.69 Å². The molecule has 0 radical (unpaired) electrons. The van der Waals surface area contributed by atoms with Crippen molar-refractivity contribution >= 4 is 41.5 Å². The number of methoxy groups -OCH3 is 1. The maximum atomic E-state index is 12.3. The molecule has 1 amide bonds. The van der Waals surface area contributed by atoms with Gasteiger partial charge >= 0.3 is 0 Å². The van der Waals surface area contributed by atoms with Gasteiger partial charge < -0.3 is 25.0 Å². The fourth-order valence-corrected chi connectivity index (χ4v) is 2.64. The average molecular weight is 476 g/mol. The molecule has 1 fully saturated rings. The lowest BCUT2D eigenvalue weighted by atomic mass is 10.2. The summed E-state index contributed by atoms with van der Waals surface area (Å²) in [6.07, 6.45) is 0.462. The Morgan fingerprint density at radius 3 is 2.73 bits per heavy atom. The Hall–Kier alpha value is -1.39. The molecule has 1 aromatic rings. The standard InChI is InChI=1S/C18H28N4O3.HI/c1-3-19-18(20-9-10-25-12-11-24-2)21-15-13-17(23)22(14-15)16-7-5-4-6-8-16;/h4-8,15H,3,9-14H2,1-2H3,(H2,19,20,21);1H. The lowest BCUT2D eigenvalue weighted by Crippen LogP contribution is -2.44. The van der Waals surface area contributed by atoms with Gasteiger partial charge in [0.1, 0.15) is 0 Å². The summed E-state index contributed by atoms with van der Waals surface area (Å²) in [6, 6.07) is 9.79. The van der Waals surface area contributed by atoms with E-state index in [0.29, 0.717) is 45.3 Å². The first kappa shape index (κ1) is 22.7. The number of carbonyl (C=O) groups is 1. The van der Waals surface area contributed by atoms with Crippen LogP contribution in [0.25, 0.3) is 0 Å². The number of anilines is 1. The summed E-state index contributed by atoms with van der Waals surface area (Å²) < 4.78 is 10.3. The minimum atomic E-state index is 0. The highest BCUT2D eigenvalue weighted by molar-refractivity contribution is 14.0. The third-order valence-electron chi connectivity index (χ3n) is 3.82. The number of hydrogen-bond donors (Lipinski definition) is 2. The molecule has 1 aliphatic rings. The van der Waals surface area contributed by atoms with Gasteiger partial charge in [0.25, 0.3) is 0 Å². The zero-order valence-corrected chi connectivity index (χ0v) is 17.8. The van der Waals surface area contributed by atoms with Gasteiger partial charge in [-0.2, -0.15) is 0 Å². The fraction of sp³-hybridized carbons (Fsp3) is 0.556. The molecule has 0 saturated carbocycles. The van der Waals surface area contributed by atoms with E-state index in [1.165, 1.54) is 0 Å². The number of nitrogens with zero attached hydrogens (tertiary/aromatic N) is 2. The van der Waals surface area contributed by atoms with Gasteiger partial charge in [-0.1, -0.05) is 18.2 Å². The quantitative estimate of drug-likeness (QED) is 0.245. The van der Waals surface area contributed by atoms with Gasteiger partial charge in [0.05, 0.1) is 32.4 Å². The number of benzene rings is 1. The molecule has 0 bridgehead atoms. The SMILES string of the molecule is CCNC(=NCCOCCOC)NC1CC(=O)N(c2ccccc2)C1.I. The van der Waals surface area contributed by atoms with Crippen molar-refractivity contribution in [2.75, 3.05) is 51.5 Å². The maximum absolute atomic E-state index is 12.3. The van der Waals surface area contributed by atoms with E-state index in [0.717, 1.165) is 12.2 Å². The van der Waals surface area contributed by atoms with Crippen molar-refractivity contribution in [1.29, 1.82) is 0 Å². The zero-order chi connectivity index (χ0) is 17.9. The number of carbonyl (C=O) groups excluding carboxylic acids is 1. The van der Waals surface area contributed by atoms with Gasteiger partial charge in [-0.15, -0.1) is 24.0 Å². The summed E-state index contributed by atoms with van der Waals surface area (Å²) in [7, 11) is 1.65. The van der Waals surface area contributed by atoms with E-state index in [-0.39, 0.29) is 35.9 Å². The summed E-state index contributed by atoms with van der Waals surface area (Å²) in [5.74, 6) is 0.841. The molecule has 1 saturated heterocycles. The number of para-hydroxylation sites is 1. The number of rotatable bonds is 9. The van der Waals surface area contributed by atoms with Crippen LogP contribution in [0.1, 0.15) is 13.3 Å². The summed E-state index contributed by atoms with van der Waals surface area (Å²) in [6.45, 7) is 5.67. The van der Waals surface area contributed by atoms with E-state index in [2.05, 4.69) is 15.6 Å². The van der Waals surface area contributed by atoms with Crippen LogP contribution in [0, 0.1) is 0 Å². The van der Waals surface area contributed by atoms with Crippen molar-refractivity contribution in [3.05, 3.63) is 30.3 Å². The van der Waals surface area contributed by atoms with Gasteiger partial charge in [-0.3, -0.25) is 9.79 Å². The predicted octanol–water partition coefficient (Wildman–Crippen LogP) is 1.63. The lowest BCUT2D eigenvalue weighted by molar-refractivity contribution is -0.117. The van der Waals surface area contributed by atoms with Crippen LogP contribution in [0.2, 0.25) is 0 Å². The maximum Gasteiger partial charge on any atom is 0.229 e. The highest BCUT2D eigenvalue weighted by atomic mass is 127. The van der Waals surface area contributed by atoms with E-state index >= 15 is 0 Å². The summed E-state index contributed by atoms with van der Waals surface area (Å²) in [4.78, 5) is 18.6. The Bertz CT molecular complexity index is 557. The second-order valence-electron chi connectivity index (χ2n) is 5.75. The molecule has 2 N–H and O–H groups in total. The third-order valence-corrected chi connectivity index (χ3v) is 3.82. The van der Waals surface area contributed by atoms with Crippen LogP contribution in [0.15, 0.2) is 35.3 Å². The zero-order valence-electron chi connectivity index (χ0n) is 15.4. The molecule has 26 heavy (non-hydrogen) atoms. The molecule has 1 atom stereocenters. The van der Waals surface area contributed by atoms with E-state index < -0.39 is 0 Å². The fourth-order valence-electron chi connectivity index (χ4n) is 2.64. The average Bonchev–Trinajstić information content (AvgIpc) is 2.99. The Kier molecular flexibility index (Phi) is 11.2. The molecule has 146 valence electrons. The van der Waals surface area contributed by atoms with E-state index in [1.807, 2.05) is 42.2 Å². The van der Waals surface area contributed by atoms with Crippen molar-refractivity contribution in [3.63, 3.8) is 0 Å². The van der Waals surface area contributed by atoms with Crippen molar-refractivity contribution < 1.29 is 14.3 Å². The molecule has 0 spiro atoms. The Balaban J connectivity index is 0.00000338. The number of halogens is 1. The first-order valence-corrected chi connectivity index (χ1v) is 8.71. The molecule has 0 aromatic heterocycles. The van der Waals surface area contributed by atoms with Crippen molar-refractivity contribution in [2.24, 2.45) is 4.99 Å². The van der Waals surface area contributed by atoms with Crippen LogP contribution in [-0.2, 0) is 14.3 Å². The predicted molar refractivity (Wildman–Crippen MR) is 114 cm³/mol. The summed E-state index contributed by atoms with van der Waals surface area (Å²) >= 11 is 0. The second kappa shape index (κ2) is 12.9. The molecule has 2 rings (SSSR count). The normalized spacial score (nSPS) is 17.2. The van der Waals surface area contributed by atoms with E-state index in [4.69, 9.17) is 9.47 Å². The van der Waals surface area contributed by atoms with Gasteiger partial charge in [0, 0.05) is 32.3 Å². The first-order valence-electron chi connectivity index (χ1n) is 8.71. The third kappa shape index (κ3) is 7.46. The lowest BCUT2D eigenvalue weighted by Gasteiger charge is -2.19. The molecular formula is C18H29IN4O3. The molecule has 1 aromatic carbocycles. The van der Waals surface area contributed by atoms with Crippen LogP contribution in [0.5, 0.6) is 0 Å². The van der Waals surface area contributed by atoms with Gasteiger partial charge in [0.2, 0.25) is 5.91 Å². The van der Waals surface area contributed by atoms with E-state index in [9.17, 15) is 4.79 Å². The molecule has 1 aliphatic heterocycles. The first-order chi connectivity index (χ1) is 12.2. The number of amides is 1. The number of aliphatic imine (C=N–C) groups is 1. The Morgan fingerprint density at radius 1 is 1.27 bits per heavy atom. The summed E-state index contributed by atoms with van der Waals surface area (Å²) in [5.41, 5.74) is 0.935. The van der Waals surface area contributed by atoms with Gasteiger partial charge in [0.15, 0.2) is 5.96 Å². The number of nitrogens with one attached hydrogen (secondary N) is 2. The number of hydrogen-bond acceptors (Lipinski definition) is 4.